The van der Waals surface area contributed by atoms with Crippen LogP contribution in [0.4, 0.5) is 0 Å². The first-order valence-corrected chi connectivity index (χ1v) is 7.57. The van der Waals surface area contributed by atoms with Crippen molar-refractivity contribution < 1.29 is 13.2 Å². The van der Waals surface area contributed by atoms with Gasteiger partial charge in [-0.05, 0) is 32.0 Å². The molecule has 0 heterocycles. The monoisotopic (exact) mass is 302 g/mol. The molecule has 0 aromatic heterocycles. The number of nitrogens with one attached hydrogen (secondary N) is 1. The number of hydrogen-bond donors (Lipinski definition) is 1. The van der Waals surface area contributed by atoms with Crippen molar-refractivity contribution in [1.29, 1.82) is 5.26 Å². The molecule has 0 aliphatic rings. The number of halogens is 1. The van der Waals surface area contributed by atoms with Crippen LogP contribution in [0.1, 0.15) is 19.4 Å². The minimum absolute atomic E-state index is 0.0280. The van der Waals surface area contributed by atoms with Gasteiger partial charge in [-0.2, -0.15) is 5.26 Å². The lowest BCUT2D eigenvalue weighted by molar-refractivity contribution is 0.0799. The highest BCUT2D eigenvalue weighted by atomic mass is 35.5. The molecule has 0 radical (unpaired) electrons. The second-order valence-corrected chi connectivity index (χ2v) is 6.05. The molecule has 104 valence electrons. The van der Waals surface area contributed by atoms with E-state index in [9.17, 15) is 8.42 Å². The summed E-state index contributed by atoms with van der Waals surface area (Å²) in [5.74, 6) is 0. The zero-order chi connectivity index (χ0) is 14.5. The summed E-state index contributed by atoms with van der Waals surface area (Å²) in [6.45, 7) is 4.31. The van der Waals surface area contributed by atoms with Crippen LogP contribution in [0.25, 0.3) is 0 Å². The molecule has 7 heteroatoms. The predicted octanol–water partition coefficient (Wildman–Crippen LogP) is 1.91. The zero-order valence-corrected chi connectivity index (χ0v) is 12.3. The van der Waals surface area contributed by atoms with E-state index < -0.39 is 10.0 Å². The minimum Gasteiger partial charge on any atom is -0.377 e. The highest BCUT2D eigenvalue weighted by molar-refractivity contribution is 7.89. The van der Waals surface area contributed by atoms with Gasteiger partial charge in [-0.15, -0.1) is 0 Å². The lowest BCUT2D eigenvalue weighted by Gasteiger charge is -2.13. The summed E-state index contributed by atoms with van der Waals surface area (Å²) in [6, 6.07) is 5.85. The van der Waals surface area contributed by atoms with Crippen molar-refractivity contribution in [3.05, 3.63) is 28.8 Å². The highest BCUT2D eigenvalue weighted by Crippen LogP contribution is 2.20. The molecule has 0 bridgehead atoms. The molecule has 19 heavy (non-hydrogen) atoms. The molecule has 1 unspecified atom stereocenters. The third-order valence-corrected chi connectivity index (χ3v) is 4.12. The van der Waals surface area contributed by atoms with E-state index in [0.29, 0.717) is 6.61 Å². The Balaban J connectivity index is 2.84. The van der Waals surface area contributed by atoms with Crippen LogP contribution in [0.15, 0.2) is 23.1 Å². The summed E-state index contributed by atoms with van der Waals surface area (Å²) in [5.41, 5.74) is 0.239. The van der Waals surface area contributed by atoms with Gasteiger partial charge in [-0.25, -0.2) is 13.1 Å². The van der Waals surface area contributed by atoms with Gasteiger partial charge in [0.25, 0.3) is 0 Å². The summed E-state index contributed by atoms with van der Waals surface area (Å²) in [4.78, 5) is 0.0280. The number of rotatable bonds is 6. The quantitative estimate of drug-likeness (QED) is 0.870. The van der Waals surface area contributed by atoms with E-state index in [4.69, 9.17) is 21.6 Å². The molecular weight excluding hydrogens is 288 g/mol. The van der Waals surface area contributed by atoms with Crippen LogP contribution in [0.3, 0.4) is 0 Å². The molecule has 1 rings (SSSR count). The van der Waals surface area contributed by atoms with Crippen molar-refractivity contribution >= 4 is 21.6 Å². The van der Waals surface area contributed by atoms with Crippen molar-refractivity contribution in [2.75, 3.05) is 13.2 Å². The fourth-order valence-electron chi connectivity index (χ4n) is 1.41. The van der Waals surface area contributed by atoms with Crippen LogP contribution < -0.4 is 4.72 Å². The minimum atomic E-state index is -3.64. The second-order valence-electron chi connectivity index (χ2n) is 3.87. The standard InChI is InChI=1S/C12H15ClN2O3S/c1-3-18-9(2)8-15-19(16,17)11-5-4-10(7-14)12(13)6-11/h4-6,9,15H,3,8H2,1-2H3. The average Bonchev–Trinajstić information content (AvgIpc) is 2.37. The molecule has 0 saturated carbocycles. The smallest absolute Gasteiger partial charge is 0.240 e. The average molecular weight is 303 g/mol. The molecule has 0 amide bonds. The summed E-state index contributed by atoms with van der Waals surface area (Å²) >= 11 is 5.81. The predicted molar refractivity (Wildman–Crippen MR) is 72.4 cm³/mol. The van der Waals surface area contributed by atoms with Crippen molar-refractivity contribution in [2.24, 2.45) is 0 Å². The Morgan fingerprint density at radius 3 is 2.74 bits per heavy atom. The SMILES string of the molecule is CCOC(C)CNS(=O)(=O)c1ccc(C#N)c(Cl)c1. The largest absolute Gasteiger partial charge is 0.377 e. The van der Waals surface area contributed by atoms with Crippen LogP contribution in [-0.4, -0.2) is 27.7 Å². The topological polar surface area (TPSA) is 79.2 Å². The fourth-order valence-corrected chi connectivity index (χ4v) is 2.84. The number of hydrogen-bond acceptors (Lipinski definition) is 4. The number of ether oxygens (including phenoxy) is 1. The maximum absolute atomic E-state index is 12.0. The molecule has 1 N–H and O–H groups in total. The third-order valence-electron chi connectivity index (χ3n) is 2.38. The van der Waals surface area contributed by atoms with Crippen LogP contribution in [0.2, 0.25) is 5.02 Å². The van der Waals surface area contributed by atoms with E-state index in [0.717, 1.165) is 0 Å². The molecule has 0 saturated heterocycles. The lowest BCUT2D eigenvalue weighted by atomic mass is 10.2. The maximum atomic E-state index is 12.0. The van der Waals surface area contributed by atoms with Gasteiger partial charge in [-0.1, -0.05) is 11.6 Å². The van der Waals surface area contributed by atoms with Gasteiger partial charge in [0.2, 0.25) is 10.0 Å². The van der Waals surface area contributed by atoms with Crippen molar-refractivity contribution in [2.45, 2.75) is 24.8 Å². The summed E-state index contributed by atoms with van der Waals surface area (Å²) in [7, 11) is -3.64. The van der Waals surface area contributed by atoms with Gasteiger partial charge in [0, 0.05) is 13.2 Å². The Labute approximate surface area is 118 Å². The van der Waals surface area contributed by atoms with E-state index in [2.05, 4.69) is 4.72 Å². The summed E-state index contributed by atoms with van der Waals surface area (Å²) in [6.07, 6.45) is -0.214. The highest BCUT2D eigenvalue weighted by Gasteiger charge is 2.16. The number of benzene rings is 1. The summed E-state index contributed by atoms with van der Waals surface area (Å²) in [5, 5.41) is 8.85. The Morgan fingerprint density at radius 2 is 2.21 bits per heavy atom. The fraction of sp³-hybridized carbons (Fsp3) is 0.417. The molecule has 5 nitrogen and oxygen atoms in total. The van der Waals surface area contributed by atoms with Crippen molar-refractivity contribution in [3.8, 4) is 6.07 Å². The van der Waals surface area contributed by atoms with Gasteiger partial charge in [0.15, 0.2) is 0 Å². The van der Waals surface area contributed by atoms with Gasteiger partial charge in [0.05, 0.1) is 21.6 Å². The molecule has 0 aliphatic carbocycles. The zero-order valence-electron chi connectivity index (χ0n) is 10.7. The molecule has 0 spiro atoms. The van der Waals surface area contributed by atoms with E-state index in [1.807, 2.05) is 13.0 Å². The molecule has 1 atom stereocenters. The lowest BCUT2D eigenvalue weighted by Crippen LogP contribution is -2.32. The van der Waals surface area contributed by atoms with Gasteiger partial charge in [0.1, 0.15) is 6.07 Å². The first-order chi connectivity index (χ1) is 8.90. The van der Waals surface area contributed by atoms with E-state index >= 15 is 0 Å². The van der Waals surface area contributed by atoms with Gasteiger partial charge >= 0.3 is 0 Å². The maximum Gasteiger partial charge on any atom is 0.240 e. The molecule has 0 fully saturated rings. The Bertz CT molecular complexity index is 581. The van der Waals surface area contributed by atoms with E-state index in [-0.39, 0.29) is 28.1 Å². The number of sulfonamides is 1. The van der Waals surface area contributed by atoms with Crippen LogP contribution >= 0.6 is 11.6 Å². The van der Waals surface area contributed by atoms with E-state index in [1.54, 1.807) is 6.92 Å². The van der Waals surface area contributed by atoms with Crippen LogP contribution in [0, 0.1) is 11.3 Å². The number of nitrogens with zero attached hydrogens (tertiary/aromatic N) is 1. The Morgan fingerprint density at radius 1 is 1.53 bits per heavy atom. The Kier molecular flexibility index (Phi) is 5.76. The first kappa shape index (κ1) is 15.9. The van der Waals surface area contributed by atoms with Gasteiger partial charge < -0.3 is 4.74 Å². The Hall–Kier alpha value is -1.13. The molecular formula is C12H15ClN2O3S. The summed E-state index contributed by atoms with van der Waals surface area (Å²) < 4.78 is 31.6. The van der Waals surface area contributed by atoms with Crippen molar-refractivity contribution in [3.63, 3.8) is 0 Å². The van der Waals surface area contributed by atoms with Crippen molar-refractivity contribution in [1.82, 2.24) is 4.72 Å². The third kappa shape index (κ3) is 4.48. The molecule has 1 aromatic carbocycles. The second kappa shape index (κ2) is 6.87. The molecule has 0 aliphatic heterocycles. The van der Waals surface area contributed by atoms with Crippen LogP contribution in [-0.2, 0) is 14.8 Å². The first-order valence-electron chi connectivity index (χ1n) is 5.71. The van der Waals surface area contributed by atoms with E-state index in [1.165, 1.54) is 18.2 Å². The van der Waals surface area contributed by atoms with Gasteiger partial charge in [-0.3, -0.25) is 0 Å². The van der Waals surface area contributed by atoms with Crippen LogP contribution in [0.5, 0.6) is 0 Å². The number of nitriles is 1. The molecule has 1 aromatic rings. The normalized spacial score (nSPS) is 12.9.